The highest BCUT2D eigenvalue weighted by atomic mass is 16.1. The summed E-state index contributed by atoms with van der Waals surface area (Å²) in [6.45, 7) is 7.53. The summed E-state index contributed by atoms with van der Waals surface area (Å²) in [5.41, 5.74) is 4.71. The van der Waals surface area contributed by atoms with Gasteiger partial charge in [0, 0.05) is 43.3 Å². The zero-order valence-corrected chi connectivity index (χ0v) is 16.9. The Bertz CT molecular complexity index is 1260. The first-order valence-corrected chi connectivity index (χ1v) is 9.95. The Kier molecular flexibility index (Phi) is 4.51. The molecule has 5 rings (SSSR count). The number of carbonyl (C=O) groups excluding carboxylic acids is 1. The van der Waals surface area contributed by atoms with Crippen molar-refractivity contribution in [3.05, 3.63) is 53.6 Å². The van der Waals surface area contributed by atoms with E-state index in [1.807, 2.05) is 44.3 Å². The van der Waals surface area contributed by atoms with Crippen LogP contribution in [-0.4, -0.2) is 56.9 Å². The summed E-state index contributed by atoms with van der Waals surface area (Å²) in [5.74, 6) is 0.205. The molecule has 0 unspecified atom stereocenters. The Morgan fingerprint density at radius 2 is 2.00 bits per heavy atom. The predicted molar refractivity (Wildman–Crippen MR) is 115 cm³/mol. The molecule has 30 heavy (non-hydrogen) atoms. The normalized spacial score (nSPS) is 14.4. The highest BCUT2D eigenvalue weighted by Crippen LogP contribution is 2.28. The van der Waals surface area contributed by atoms with E-state index in [-0.39, 0.29) is 5.91 Å². The summed E-state index contributed by atoms with van der Waals surface area (Å²) in [5, 5.41) is 19.9. The van der Waals surface area contributed by atoms with E-state index in [9.17, 15) is 4.79 Å². The van der Waals surface area contributed by atoms with Gasteiger partial charge in [0.25, 0.3) is 5.91 Å². The van der Waals surface area contributed by atoms with Crippen molar-refractivity contribution in [2.45, 2.75) is 13.8 Å². The molecule has 0 bridgehead atoms. The average Bonchev–Trinajstić information content (AvgIpc) is 3.16. The first-order chi connectivity index (χ1) is 14.6. The number of fused-ring (bicyclic) bond motifs is 2. The molecule has 1 saturated heterocycles. The number of aryl methyl sites for hydroxylation is 2. The second-order valence-corrected chi connectivity index (χ2v) is 7.44. The fourth-order valence-electron chi connectivity index (χ4n) is 3.97. The van der Waals surface area contributed by atoms with Crippen LogP contribution in [0.4, 0.5) is 11.5 Å². The molecule has 2 N–H and O–H groups in total. The van der Waals surface area contributed by atoms with E-state index in [4.69, 9.17) is 0 Å². The van der Waals surface area contributed by atoms with E-state index >= 15 is 0 Å². The second-order valence-electron chi connectivity index (χ2n) is 7.44. The van der Waals surface area contributed by atoms with Crippen molar-refractivity contribution >= 4 is 33.8 Å². The van der Waals surface area contributed by atoms with E-state index < -0.39 is 0 Å². The lowest BCUT2D eigenvalue weighted by Crippen LogP contribution is -2.43. The number of hydrogen-bond donors (Lipinski definition) is 2. The van der Waals surface area contributed by atoms with Gasteiger partial charge < -0.3 is 15.5 Å². The van der Waals surface area contributed by atoms with Crippen molar-refractivity contribution in [2.75, 3.05) is 36.4 Å². The lowest BCUT2D eigenvalue weighted by Gasteiger charge is -2.30. The number of carbonyl (C=O) groups is 1. The zero-order chi connectivity index (χ0) is 20.7. The number of nitrogens with one attached hydrogen (secondary N) is 2. The zero-order valence-electron chi connectivity index (χ0n) is 16.9. The van der Waals surface area contributed by atoms with Crippen molar-refractivity contribution in [1.29, 1.82) is 0 Å². The van der Waals surface area contributed by atoms with Crippen LogP contribution in [0, 0.1) is 13.8 Å². The topological polar surface area (TPSA) is 100 Å². The quantitative estimate of drug-likeness (QED) is 0.540. The van der Waals surface area contributed by atoms with E-state index in [2.05, 4.69) is 35.8 Å². The van der Waals surface area contributed by atoms with Gasteiger partial charge in [-0.3, -0.25) is 9.78 Å². The van der Waals surface area contributed by atoms with Crippen molar-refractivity contribution in [1.82, 2.24) is 30.1 Å². The second kappa shape index (κ2) is 7.34. The molecule has 9 heteroatoms. The number of hydrogen-bond acceptors (Lipinski definition) is 7. The standard InChI is InChI=1S/C21H22N8O/c1-13-12-29-18(14(2)24-13)11-19(27-29)25-21(30)16-3-4-17(28-9-7-22-8-10-28)15-5-6-23-26-20(15)16/h3-6,11-12,22H,7-10H2,1-2H3,(H,25,27,30). The minimum Gasteiger partial charge on any atom is -0.368 e. The van der Waals surface area contributed by atoms with Gasteiger partial charge in [0.15, 0.2) is 5.82 Å². The predicted octanol–water partition coefficient (Wildman–Crippen LogP) is 1.95. The maximum atomic E-state index is 13.1. The van der Waals surface area contributed by atoms with Crippen LogP contribution in [0.1, 0.15) is 21.7 Å². The summed E-state index contributed by atoms with van der Waals surface area (Å²) < 4.78 is 1.73. The van der Waals surface area contributed by atoms with Crippen LogP contribution in [-0.2, 0) is 0 Å². The highest BCUT2D eigenvalue weighted by Gasteiger charge is 2.19. The fraction of sp³-hybridized carbons (Fsp3) is 0.286. The summed E-state index contributed by atoms with van der Waals surface area (Å²) in [7, 11) is 0. The summed E-state index contributed by atoms with van der Waals surface area (Å²) in [6, 6.07) is 7.55. The molecule has 1 aliphatic heterocycles. The maximum Gasteiger partial charge on any atom is 0.259 e. The molecule has 152 valence electrons. The largest absolute Gasteiger partial charge is 0.368 e. The van der Waals surface area contributed by atoms with Crippen LogP contribution < -0.4 is 15.5 Å². The first kappa shape index (κ1) is 18.4. The third-order valence-corrected chi connectivity index (χ3v) is 5.36. The van der Waals surface area contributed by atoms with E-state index in [0.717, 1.165) is 54.2 Å². The summed E-state index contributed by atoms with van der Waals surface area (Å²) in [4.78, 5) is 19.8. The molecule has 3 aromatic heterocycles. The molecular formula is C21H22N8O. The van der Waals surface area contributed by atoms with E-state index in [1.54, 1.807) is 10.7 Å². The van der Waals surface area contributed by atoms with Crippen LogP contribution in [0.2, 0.25) is 0 Å². The molecule has 0 aliphatic carbocycles. The average molecular weight is 402 g/mol. The minimum atomic E-state index is -0.266. The van der Waals surface area contributed by atoms with E-state index in [0.29, 0.717) is 16.9 Å². The van der Waals surface area contributed by atoms with Crippen molar-refractivity contribution in [3.8, 4) is 0 Å². The van der Waals surface area contributed by atoms with Gasteiger partial charge in [-0.25, -0.2) is 4.52 Å². The Hall–Kier alpha value is -3.59. The van der Waals surface area contributed by atoms with Crippen molar-refractivity contribution < 1.29 is 4.79 Å². The fourth-order valence-corrected chi connectivity index (χ4v) is 3.97. The molecule has 0 atom stereocenters. The molecule has 4 aromatic rings. The first-order valence-electron chi connectivity index (χ1n) is 9.95. The van der Waals surface area contributed by atoms with Crippen LogP contribution >= 0.6 is 0 Å². The number of aromatic nitrogens is 5. The Balaban J connectivity index is 1.50. The smallest absolute Gasteiger partial charge is 0.259 e. The number of anilines is 2. The molecule has 0 saturated carbocycles. The third kappa shape index (κ3) is 3.22. The molecule has 1 fully saturated rings. The Labute approximate surface area is 173 Å². The van der Waals surface area contributed by atoms with Crippen LogP contribution in [0.15, 0.2) is 36.7 Å². The highest BCUT2D eigenvalue weighted by molar-refractivity contribution is 6.13. The molecule has 1 amide bonds. The SMILES string of the molecule is Cc1cn2nc(NC(=O)c3ccc(N4CCNCC4)c4ccnnc34)cc2c(C)n1. The lowest BCUT2D eigenvalue weighted by molar-refractivity contribution is 0.102. The monoisotopic (exact) mass is 402 g/mol. The Morgan fingerprint density at radius 1 is 1.17 bits per heavy atom. The van der Waals surface area contributed by atoms with Crippen molar-refractivity contribution in [3.63, 3.8) is 0 Å². The summed E-state index contributed by atoms with van der Waals surface area (Å²) >= 11 is 0. The number of nitrogens with zero attached hydrogens (tertiary/aromatic N) is 6. The molecule has 0 radical (unpaired) electrons. The lowest BCUT2D eigenvalue weighted by atomic mass is 10.1. The van der Waals surface area contributed by atoms with Crippen molar-refractivity contribution in [2.24, 2.45) is 0 Å². The molecule has 9 nitrogen and oxygen atoms in total. The Morgan fingerprint density at radius 3 is 2.83 bits per heavy atom. The number of amides is 1. The molecular weight excluding hydrogens is 380 g/mol. The third-order valence-electron chi connectivity index (χ3n) is 5.36. The molecule has 1 aliphatic rings. The van der Waals surface area contributed by atoms with Gasteiger partial charge >= 0.3 is 0 Å². The number of piperazine rings is 1. The van der Waals surface area contributed by atoms with E-state index in [1.165, 1.54) is 0 Å². The molecule has 4 heterocycles. The van der Waals surface area contributed by atoms with Crippen LogP contribution in [0.25, 0.3) is 16.4 Å². The summed E-state index contributed by atoms with van der Waals surface area (Å²) in [6.07, 6.45) is 3.50. The van der Waals surface area contributed by atoms with Gasteiger partial charge in [0.1, 0.15) is 5.52 Å². The minimum absolute atomic E-state index is 0.266. The van der Waals surface area contributed by atoms with Crippen LogP contribution in [0.5, 0.6) is 0 Å². The van der Waals surface area contributed by atoms with Gasteiger partial charge in [0.2, 0.25) is 0 Å². The van der Waals surface area contributed by atoms with Gasteiger partial charge in [-0.1, -0.05) is 0 Å². The maximum absolute atomic E-state index is 13.1. The van der Waals surface area contributed by atoms with Gasteiger partial charge in [-0.15, -0.1) is 10.2 Å². The molecule has 0 spiro atoms. The van der Waals surface area contributed by atoms with Gasteiger partial charge in [0.05, 0.1) is 34.9 Å². The van der Waals surface area contributed by atoms with Crippen LogP contribution in [0.3, 0.4) is 0 Å². The molecule has 1 aromatic carbocycles. The number of rotatable bonds is 3. The number of benzene rings is 1. The van der Waals surface area contributed by atoms with Gasteiger partial charge in [-0.2, -0.15) is 5.10 Å². The van der Waals surface area contributed by atoms with Gasteiger partial charge in [-0.05, 0) is 32.0 Å².